The lowest BCUT2D eigenvalue weighted by molar-refractivity contribution is -0.0137. The van der Waals surface area contributed by atoms with E-state index in [1.165, 1.54) is 12.1 Å². The van der Waals surface area contributed by atoms with E-state index in [-0.39, 0.29) is 24.6 Å². The summed E-state index contributed by atoms with van der Waals surface area (Å²) in [6, 6.07) is 16.0. The Labute approximate surface area is 195 Å². The molecule has 0 fully saturated rings. The first-order valence-electron chi connectivity index (χ1n) is 11.3. The fourth-order valence-electron chi connectivity index (χ4n) is 3.55. The van der Waals surface area contributed by atoms with E-state index in [1.54, 1.807) is 16.8 Å². The number of benzene rings is 2. The number of aryl methyl sites for hydroxylation is 1. The van der Waals surface area contributed by atoms with Gasteiger partial charge in [-0.2, -0.15) is 5.10 Å². The molecule has 1 heterocycles. The molecule has 2 aromatic carbocycles. The second kappa shape index (κ2) is 11.4. The summed E-state index contributed by atoms with van der Waals surface area (Å²) in [6.07, 6.45) is -0.556. The quantitative estimate of drug-likeness (QED) is 0.440. The molecule has 3 rings (SSSR count). The van der Waals surface area contributed by atoms with Crippen LogP contribution in [0, 0.1) is 5.82 Å². The summed E-state index contributed by atoms with van der Waals surface area (Å²) >= 11 is 0. The van der Waals surface area contributed by atoms with Gasteiger partial charge in [0.1, 0.15) is 17.3 Å². The third kappa shape index (κ3) is 6.87. The molecule has 3 aromatic rings. The van der Waals surface area contributed by atoms with Crippen LogP contribution in [0.1, 0.15) is 33.3 Å². The highest BCUT2D eigenvalue weighted by atomic mass is 19.1. The standard InChI is InChI=1S/C26H34FN3O3/c1-18(2)30(15-22(31)17-32-19(3)4)16-24-25(20-9-7-6-8-10-20)28-29(5)26(24)33-23-13-11-21(27)12-14-23/h6-14,18-19,22,31H,15-17H2,1-5H3. The number of aliphatic hydroxyl groups is 1. The van der Waals surface area contributed by atoms with Gasteiger partial charge in [0.25, 0.3) is 0 Å². The summed E-state index contributed by atoms with van der Waals surface area (Å²) in [7, 11) is 1.83. The lowest BCUT2D eigenvalue weighted by Crippen LogP contribution is -2.39. The minimum Gasteiger partial charge on any atom is -0.439 e. The van der Waals surface area contributed by atoms with Gasteiger partial charge in [-0.25, -0.2) is 9.07 Å². The maximum atomic E-state index is 13.4. The predicted molar refractivity (Wildman–Crippen MR) is 128 cm³/mol. The minimum atomic E-state index is -0.617. The van der Waals surface area contributed by atoms with Crippen molar-refractivity contribution in [2.24, 2.45) is 7.05 Å². The van der Waals surface area contributed by atoms with Crippen molar-refractivity contribution in [2.75, 3.05) is 13.2 Å². The Bertz CT molecular complexity index is 1000. The van der Waals surface area contributed by atoms with Gasteiger partial charge in [0.2, 0.25) is 5.88 Å². The van der Waals surface area contributed by atoms with E-state index in [1.807, 2.05) is 51.2 Å². The van der Waals surface area contributed by atoms with Gasteiger partial charge in [-0.3, -0.25) is 4.90 Å². The zero-order valence-electron chi connectivity index (χ0n) is 20.0. The van der Waals surface area contributed by atoms with E-state index in [0.29, 0.717) is 24.7 Å². The second-order valence-electron chi connectivity index (χ2n) is 8.74. The summed E-state index contributed by atoms with van der Waals surface area (Å²) in [4.78, 5) is 2.18. The number of ether oxygens (including phenoxy) is 2. The topological polar surface area (TPSA) is 59.8 Å². The number of rotatable bonds is 11. The van der Waals surface area contributed by atoms with Gasteiger partial charge in [-0.15, -0.1) is 0 Å². The normalized spacial score (nSPS) is 12.7. The van der Waals surface area contributed by atoms with E-state index in [9.17, 15) is 9.50 Å². The Kier molecular flexibility index (Phi) is 8.61. The summed E-state index contributed by atoms with van der Waals surface area (Å²) < 4.78 is 26.9. The van der Waals surface area contributed by atoms with Crippen molar-refractivity contribution < 1.29 is 19.0 Å². The van der Waals surface area contributed by atoms with Crippen LogP contribution in [0.3, 0.4) is 0 Å². The predicted octanol–water partition coefficient (Wildman–Crippen LogP) is 5.01. The molecule has 33 heavy (non-hydrogen) atoms. The van der Waals surface area contributed by atoms with Crippen LogP contribution in [0.2, 0.25) is 0 Å². The van der Waals surface area contributed by atoms with Crippen molar-refractivity contribution in [3.8, 4) is 22.9 Å². The SMILES string of the molecule is CC(C)OCC(O)CN(Cc1c(-c2ccccc2)nn(C)c1Oc1ccc(F)cc1)C(C)C. The molecule has 0 amide bonds. The smallest absolute Gasteiger partial charge is 0.222 e. The maximum absolute atomic E-state index is 13.4. The zero-order valence-corrected chi connectivity index (χ0v) is 20.0. The van der Waals surface area contributed by atoms with Crippen LogP contribution in [0.15, 0.2) is 54.6 Å². The summed E-state index contributed by atoms with van der Waals surface area (Å²) in [5.74, 6) is 0.793. The van der Waals surface area contributed by atoms with Crippen LogP contribution < -0.4 is 4.74 Å². The van der Waals surface area contributed by atoms with E-state index < -0.39 is 6.10 Å². The molecule has 1 aromatic heterocycles. The molecular formula is C26H34FN3O3. The van der Waals surface area contributed by atoms with Crippen molar-refractivity contribution in [1.29, 1.82) is 0 Å². The van der Waals surface area contributed by atoms with E-state index >= 15 is 0 Å². The van der Waals surface area contributed by atoms with E-state index in [2.05, 4.69) is 18.7 Å². The number of aliphatic hydroxyl groups excluding tert-OH is 1. The highest BCUT2D eigenvalue weighted by molar-refractivity contribution is 5.65. The number of aromatic nitrogens is 2. The average Bonchev–Trinajstić information content (AvgIpc) is 3.09. The second-order valence-corrected chi connectivity index (χ2v) is 8.74. The molecule has 0 aliphatic carbocycles. The average molecular weight is 456 g/mol. The van der Waals surface area contributed by atoms with Crippen LogP contribution in [-0.2, 0) is 18.3 Å². The number of nitrogens with zero attached hydrogens (tertiary/aromatic N) is 3. The molecule has 1 N–H and O–H groups in total. The Morgan fingerprint density at radius 3 is 2.30 bits per heavy atom. The summed E-state index contributed by atoms with van der Waals surface area (Å²) in [5, 5.41) is 15.3. The van der Waals surface area contributed by atoms with Gasteiger partial charge in [0.15, 0.2) is 0 Å². The Morgan fingerprint density at radius 2 is 1.70 bits per heavy atom. The fourth-order valence-corrected chi connectivity index (χ4v) is 3.55. The monoisotopic (exact) mass is 455 g/mol. The Balaban J connectivity index is 1.94. The molecule has 0 aliphatic heterocycles. The molecule has 6 nitrogen and oxygen atoms in total. The van der Waals surface area contributed by atoms with Gasteiger partial charge in [-0.1, -0.05) is 30.3 Å². The van der Waals surface area contributed by atoms with E-state index in [4.69, 9.17) is 14.6 Å². The first-order chi connectivity index (χ1) is 15.7. The fraction of sp³-hybridized carbons (Fsp3) is 0.423. The maximum Gasteiger partial charge on any atom is 0.222 e. The van der Waals surface area contributed by atoms with Crippen LogP contribution in [0.5, 0.6) is 11.6 Å². The molecule has 7 heteroatoms. The molecule has 0 radical (unpaired) electrons. The van der Waals surface area contributed by atoms with Crippen molar-refractivity contribution in [3.05, 3.63) is 66.0 Å². The molecule has 0 bridgehead atoms. The van der Waals surface area contributed by atoms with Gasteiger partial charge < -0.3 is 14.6 Å². The minimum absolute atomic E-state index is 0.0610. The number of hydrogen-bond acceptors (Lipinski definition) is 5. The zero-order chi connectivity index (χ0) is 24.0. The van der Waals surface area contributed by atoms with Gasteiger partial charge >= 0.3 is 0 Å². The lowest BCUT2D eigenvalue weighted by atomic mass is 10.1. The van der Waals surface area contributed by atoms with Crippen molar-refractivity contribution in [3.63, 3.8) is 0 Å². The summed E-state index contributed by atoms with van der Waals surface area (Å²) in [5.41, 5.74) is 2.69. The third-order valence-corrected chi connectivity index (χ3v) is 5.32. The van der Waals surface area contributed by atoms with Crippen LogP contribution in [0.25, 0.3) is 11.3 Å². The molecule has 0 saturated carbocycles. The third-order valence-electron chi connectivity index (χ3n) is 5.32. The molecular weight excluding hydrogens is 421 g/mol. The highest BCUT2D eigenvalue weighted by Gasteiger charge is 2.24. The van der Waals surface area contributed by atoms with Gasteiger partial charge in [0.05, 0.1) is 24.4 Å². The lowest BCUT2D eigenvalue weighted by Gasteiger charge is -2.29. The Morgan fingerprint density at radius 1 is 1.03 bits per heavy atom. The van der Waals surface area contributed by atoms with E-state index in [0.717, 1.165) is 16.8 Å². The Hall–Kier alpha value is -2.74. The van der Waals surface area contributed by atoms with Crippen molar-refractivity contribution in [1.82, 2.24) is 14.7 Å². The molecule has 1 atom stereocenters. The number of halogens is 1. The first kappa shape index (κ1) is 24.9. The number of hydrogen-bond donors (Lipinski definition) is 1. The van der Waals surface area contributed by atoms with Crippen LogP contribution in [0.4, 0.5) is 4.39 Å². The molecule has 178 valence electrons. The molecule has 0 aliphatic rings. The molecule has 0 spiro atoms. The first-order valence-corrected chi connectivity index (χ1v) is 11.3. The molecule has 0 saturated heterocycles. The van der Waals surface area contributed by atoms with Gasteiger partial charge in [-0.05, 0) is 52.0 Å². The van der Waals surface area contributed by atoms with Crippen molar-refractivity contribution >= 4 is 0 Å². The van der Waals surface area contributed by atoms with Crippen LogP contribution in [-0.4, -0.2) is 51.2 Å². The van der Waals surface area contributed by atoms with Crippen molar-refractivity contribution in [2.45, 2.75) is 52.5 Å². The van der Waals surface area contributed by atoms with Gasteiger partial charge in [0, 0.05) is 31.7 Å². The largest absolute Gasteiger partial charge is 0.439 e. The molecule has 1 unspecified atom stereocenters. The summed E-state index contributed by atoms with van der Waals surface area (Å²) in [6.45, 7) is 9.33. The highest BCUT2D eigenvalue weighted by Crippen LogP contribution is 2.34. The van der Waals surface area contributed by atoms with Crippen LogP contribution >= 0.6 is 0 Å².